The first-order chi connectivity index (χ1) is 12.2. The van der Waals surface area contributed by atoms with Crippen LogP contribution in [0.25, 0.3) is 0 Å². The Bertz CT molecular complexity index is 705. The summed E-state index contributed by atoms with van der Waals surface area (Å²) >= 11 is 0. The fourth-order valence-corrected chi connectivity index (χ4v) is 8.46. The fourth-order valence-electron chi connectivity index (χ4n) is 3.61. The molecule has 0 heterocycles. The van der Waals surface area contributed by atoms with E-state index < -0.39 is 13.2 Å². The Morgan fingerprint density at radius 1 is 0.680 bits per heavy atom. The van der Waals surface area contributed by atoms with Crippen molar-refractivity contribution in [2.45, 2.75) is 12.8 Å². The van der Waals surface area contributed by atoms with Crippen molar-refractivity contribution >= 4 is 29.1 Å². The summed E-state index contributed by atoms with van der Waals surface area (Å²) in [6.45, 7) is 0. The number of carbonyl (C=O) groups is 1. The topological polar surface area (TPSA) is 37.3 Å². The third-order valence-corrected chi connectivity index (χ3v) is 9.80. The van der Waals surface area contributed by atoms with Crippen LogP contribution in [-0.2, 0) is 4.79 Å². The summed E-state index contributed by atoms with van der Waals surface area (Å²) in [4.78, 5) is 11.1. The predicted octanol–water partition coefficient (Wildman–Crippen LogP) is 3.58. The van der Waals surface area contributed by atoms with Gasteiger partial charge in [-0.15, -0.1) is 0 Å². The van der Waals surface area contributed by atoms with Gasteiger partial charge in [0.15, 0.2) is 0 Å². The van der Waals surface area contributed by atoms with Gasteiger partial charge in [-0.1, -0.05) is 0 Å². The summed E-state index contributed by atoms with van der Waals surface area (Å²) in [5, 5.41) is 13.1. The average molecular weight is 350 g/mol. The number of carboxylic acids is 1. The van der Waals surface area contributed by atoms with E-state index in [0.29, 0.717) is 6.42 Å². The molecule has 3 aromatic rings. The van der Waals surface area contributed by atoms with E-state index in [1.165, 1.54) is 15.9 Å². The molecule has 0 spiro atoms. The van der Waals surface area contributed by atoms with Crippen LogP contribution in [0.4, 0.5) is 0 Å². The molecule has 0 aliphatic heterocycles. The van der Waals surface area contributed by atoms with E-state index >= 15 is 0 Å². The van der Waals surface area contributed by atoms with Crippen LogP contribution in [0, 0.1) is 0 Å². The molecular formula is C22H23O2P. The van der Waals surface area contributed by atoms with E-state index in [1.807, 2.05) is 18.2 Å². The summed E-state index contributed by atoms with van der Waals surface area (Å²) in [5.74, 6) is -0.725. The molecule has 3 rings (SSSR count). The first-order valence-corrected chi connectivity index (χ1v) is 10.8. The summed E-state index contributed by atoms with van der Waals surface area (Å²) in [6, 6.07) is 31.8. The molecule has 0 atom stereocenters. The third kappa shape index (κ3) is 3.81. The van der Waals surface area contributed by atoms with Crippen LogP contribution in [0.1, 0.15) is 12.8 Å². The zero-order valence-corrected chi connectivity index (χ0v) is 15.1. The molecule has 0 saturated carbocycles. The van der Waals surface area contributed by atoms with Gasteiger partial charge in [0.05, 0.1) is 0 Å². The van der Waals surface area contributed by atoms with Crippen molar-refractivity contribution in [1.82, 2.24) is 0 Å². The molecule has 0 amide bonds. The normalized spacial score (nSPS) is 11.8. The molecule has 0 fully saturated rings. The van der Waals surface area contributed by atoms with Gasteiger partial charge in [-0.2, -0.15) is 0 Å². The van der Waals surface area contributed by atoms with E-state index in [-0.39, 0.29) is 6.42 Å². The number of hydrogen-bond acceptors (Lipinski definition) is 1. The number of hydrogen-bond donors (Lipinski definition) is 1. The number of benzene rings is 3. The van der Waals surface area contributed by atoms with Crippen molar-refractivity contribution < 1.29 is 9.90 Å². The van der Waals surface area contributed by atoms with E-state index in [1.54, 1.807) is 0 Å². The minimum absolute atomic E-state index is 0.210. The zero-order valence-electron chi connectivity index (χ0n) is 14.1. The SMILES string of the molecule is O=C(O)CCC[PH](c1ccccc1)(c1ccccc1)c1ccccc1. The van der Waals surface area contributed by atoms with Crippen LogP contribution in [-0.4, -0.2) is 17.2 Å². The van der Waals surface area contributed by atoms with Gasteiger partial charge in [0, 0.05) is 0 Å². The standard InChI is InChI=1S/C22H23O2P/c23-22(24)17-10-18-25(19-11-4-1-5-12-19,20-13-6-2-7-14-20)21-15-8-3-9-16-21/h1-9,11-16,25H,10,17-18H2,(H,23,24). The molecule has 0 aromatic heterocycles. The molecule has 3 heteroatoms. The Morgan fingerprint density at radius 2 is 1.04 bits per heavy atom. The van der Waals surface area contributed by atoms with Gasteiger partial charge >= 0.3 is 149 Å². The van der Waals surface area contributed by atoms with Crippen LogP contribution in [0.15, 0.2) is 91.0 Å². The Kier molecular flexibility index (Phi) is 5.63. The van der Waals surface area contributed by atoms with Crippen molar-refractivity contribution in [2.75, 3.05) is 6.16 Å². The summed E-state index contributed by atoms with van der Waals surface area (Å²) in [6.07, 6.45) is 1.78. The van der Waals surface area contributed by atoms with E-state index in [0.717, 1.165) is 6.16 Å². The molecule has 25 heavy (non-hydrogen) atoms. The molecule has 128 valence electrons. The van der Waals surface area contributed by atoms with Gasteiger partial charge < -0.3 is 0 Å². The maximum absolute atomic E-state index is 11.1. The van der Waals surface area contributed by atoms with Crippen LogP contribution in [0.3, 0.4) is 0 Å². The first-order valence-electron chi connectivity index (χ1n) is 8.62. The second-order valence-electron chi connectivity index (χ2n) is 6.25. The molecule has 0 radical (unpaired) electrons. The molecule has 0 unspecified atom stereocenters. The van der Waals surface area contributed by atoms with Crippen LogP contribution < -0.4 is 15.9 Å². The van der Waals surface area contributed by atoms with E-state index in [9.17, 15) is 4.79 Å². The van der Waals surface area contributed by atoms with Crippen LogP contribution in [0.5, 0.6) is 0 Å². The molecule has 1 N–H and O–H groups in total. The monoisotopic (exact) mass is 350 g/mol. The summed E-state index contributed by atoms with van der Waals surface area (Å²) < 4.78 is 0. The summed E-state index contributed by atoms with van der Waals surface area (Å²) in [7, 11) is -2.25. The predicted molar refractivity (Wildman–Crippen MR) is 108 cm³/mol. The molecular weight excluding hydrogens is 327 g/mol. The van der Waals surface area contributed by atoms with Gasteiger partial charge in [0.1, 0.15) is 0 Å². The average Bonchev–Trinajstić information content (AvgIpc) is 2.67. The molecule has 3 aromatic carbocycles. The van der Waals surface area contributed by atoms with Crippen molar-refractivity contribution in [2.24, 2.45) is 0 Å². The zero-order chi connectivity index (χ0) is 17.5. The Hall–Kier alpha value is -2.44. The Labute approximate surface area is 149 Å². The van der Waals surface area contributed by atoms with Crippen molar-refractivity contribution in [1.29, 1.82) is 0 Å². The quantitative estimate of drug-likeness (QED) is 0.662. The number of aliphatic carboxylic acids is 1. The van der Waals surface area contributed by atoms with E-state index in [4.69, 9.17) is 5.11 Å². The molecule has 0 aliphatic carbocycles. The van der Waals surface area contributed by atoms with E-state index in [2.05, 4.69) is 72.8 Å². The first kappa shape index (κ1) is 17.4. The van der Waals surface area contributed by atoms with Gasteiger partial charge in [0.2, 0.25) is 0 Å². The Morgan fingerprint density at radius 3 is 1.36 bits per heavy atom. The molecule has 0 saturated heterocycles. The van der Waals surface area contributed by atoms with Crippen molar-refractivity contribution in [3.63, 3.8) is 0 Å². The van der Waals surface area contributed by atoms with Gasteiger partial charge in [-0.25, -0.2) is 0 Å². The second kappa shape index (κ2) is 8.09. The van der Waals surface area contributed by atoms with Crippen LogP contribution in [0.2, 0.25) is 0 Å². The van der Waals surface area contributed by atoms with Gasteiger partial charge in [0.25, 0.3) is 0 Å². The molecule has 2 nitrogen and oxygen atoms in total. The van der Waals surface area contributed by atoms with Gasteiger partial charge in [-0.05, 0) is 0 Å². The number of carboxylic acid groups (broad SMARTS) is 1. The van der Waals surface area contributed by atoms with Gasteiger partial charge in [-0.3, -0.25) is 0 Å². The minimum atomic E-state index is -2.25. The second-order valence-corrected chi connectivity index (χ2v) is 10.3. The van der Waals surface area contributed by atoms with Crippen molar-refractivity contribution in [3.8, 4) is 0 Å². The molecule has 0 aliphatic rings. The van der Waals surface area contributed by atoms with Crippen LogP contribution >= 0.6 is 7.26 Å². The maximum atomic E-state index is 11.1. The Balaban J connectivity index is 2.18. The fraction of sp³-hybridized carbons (Fsp3) is 0.136. The number of rotatable bonds is 7. The molecule has 0 bridgehead atoms. The third-order valence-electron chi connectivity index (χ3n) is 4.74. The summed E-state index contributed by atoms with van der Waals surface area (Å²) in [5.41, 5.74) is 0. The van der Waals surface area contributed by atoms with Crippen molar-refractivity contribution in [3.05, 3.63) is 91.0 Å².